The fourth-order valence-corrected chi connectivity index (χ4v) is 2.80. The molecule has 2 unspecified atom stereocenters. The molecule has 0 radical (unpaired) electrons. The van der Waals surface area contributed by atoms with Crippen LogP contribution in [0.1, 0.15) is 31.9 Å². The second-order valence-electron chi connectivity index (χ2n) is 4.63. The quantitative estimate of drug-likeness (QED) is 0.909. The van der Waals surface area contributed by atoms with E-state index < -0.39 is 0 Å². The molecule has 98 valence electrons. The van der Waals surface area contributed by atoms with Gasteiger partial charge in [0, 0.05) is 11.6 Å². The summed E-state index contributed by atoms with van der Waals surface area (Å²) in [7, 11) is 0. The first-order valence-electron chi connectivity index (χ1n) is 6.43. The normalized spacial score (nSPS) is 21.4. The molecule has 1 aliphatic rings. The van der Waals surface area contributed by atoms with Crippen molar-refractivity contribution < 1.29 is 4.79 Å². The number of hydrogen-bond acceptors (Lipinski definition) is 2. The van der Waals surface area contributed by atoms with Crippen LogP contribution in [0.3, 0.4) is 0 Å². The summed E-state index contributed by atoms with van der Waals surface area (Å²) in [6.07, 6.45) is 0.876. The maximum atomic E-state index is 12.2. The highest BCUT2D eigenvalue weighted by atomic mass is 35.5. The number of benzene rings is 1. The molecule has 1 amide bonds. The monoisotopic (exact) mass is 266 g/mol. The van der Waals surface area contributed by atoms with Crippen molar-refractivity contribution in [2.45, 2.75) is 32.4 Å². The first-order chi connectivity index (χ1) is 8.65. The summed E-state index contributed by atoms with van der Waals surface area (Å²) in [4.78, 5) is 14.2. The van der Waals surface area contributed by atoms with Gasteiger partial charge >= 0.3 is 0 Å². The number of hydrogen-bond donors (Lipinski definition) is 1. The van der Waals surface area contributed by atoms with E-state index in [2.05, 4.69) is 5.32 Å². The van der Waals surface area contributed by atoms with Crippen molar-refractivity contribution in [1.82, 2.24) is 10.2 Å². The Labute approximate surface area is 113 Å². The molecule has 1 fully saturated rings. The fraction of sp³-hybridized carbons (Fsp3) is 0.500. The lowest BCUT2D eigenvalue weighted by molar-refractivity contribution is -0.131. The van der Waals surface area contributed by atoms with Gasteiger partial charge in [0.15, 0.2) is 0 Å². The van der Waals surface area contributed by atoms with Crippen molar-refractivity contribution in [2.24, 2.45) is 0 Å². The molecule has 4 heteroatoms. The van der Waals surface area contributed by atoms with Crippen molar-refractivity contribution >= 4 is 17.5 Å². The number of nitrogens with zero attached hydrogens (tertiary/aromatic N) is 1. The van der Waals surface area contributed by atoms with Crippen LogP contribution in [0.15, 0.2) is 24.3 Å². The van der Waals surface area contributed by atoms with Crippen molar-refractivity contribution in [1.29, 1.82) is 0 Å². The summed E-state index contributed by atoms with van der Waals surface area (Å²) in [5.74, 6) is 0.185. The van der Waals surface area contributed by atoms with E-state index in [1.807, 2.05) is 43.0 Å². The average Bonchev–Trinajstić information content (AvgIpc) is 2.72. The summed E-state index contributed by atoms with van der Waals surface area (Å²) in [6, 6.07) is 7.73. The van der Waals surface area contributed by atoms with Gasteiger partial charge in [0.25, 0.3) is 0 Å². The van der Waals surface area contributed by atoms with E-state index in [1.165, 1.54) is 0 Å². The Morgan fingerprint density at radius 2 is 2.22 bits per heavy atom. The Morgan fingerprint density at radius 3 is 2.89 bits per heavy atom. The van der Waals surface area contributed by atoms with Crippen LogP contribution in [0.25, 0.3) is 0 Å². The summed E-state index contributed by atoms with van der Waals surface area (Å²) in [5, 5.41) is 3.95. The Balaban J connectivity index is 2.14. The maximum Gasteiger partial charge on any atom is 0.240 e. The largest absolute Gasteiger partial charge is 0.334 e. The first kappa shape index (κ1) is 13.4. The summed E-state index contributed by atoms with van der Waals surface area (Å²) >= 11 is 6.19. The SMILES string of the molecule is CCNC1CCN(C(C)c2ccccc2Cl)C1=O. The van der Waals surface area contributed by atoms with Gasteiger partial charge in [-0.1, -0.05) is 36.7 Å². The summed E-state index contributed by atoms with van der Waals surface area (Å²) in [5.41, 5.74) is 1.02. The van der Waals surface area contributed by atoms with Crippen LogP contribution in [0.4, 0.5) is 0 Å². The maximum absolute atomic E-state index is 12.2. The third-order valence-electron chi connectivity index (χ3n) is 3.51. The number of carbonyl (C=O) groups excluding carboxylic acids is 1. The zero-order valence-electron chi connectivity index (χ0n) is 10.8. The fourth-order valence-electron chi connectivity index (χ4n) is 2.50. The Bertz CT molecular complexity index is 436. The number of carbonyl (C=O) groups is 1. The highest BCUT2D eigenvalue weighted by Gasteiger charge is 2.34. The Kier molecular flexibility index (Phi) is 4.25. The number of likely N-dealkylation sites (N-methyl/N-ethyl adjacent to an activating group) is 1. The molecule has 1 heterocycles. The first-order valence-corrected chi connectivity index (χ1v) is 6.81. The van der Waals surface area contributed by atoms with Gasteiger partial charge in [-0.3, -0.25) is 4.79 Å². The van der Waals surface area contributed by atoms with E-state index >= 15 is 0 Å². The standard InChI is InChI=1S/C14H19ClN2O/c1-3-16-13-8-9-17(14(13)18)10(2)11-6-4-5-7-12(11)15/h4-7,10,13,16H,3,8-9H2,1-2H3. The van der Waals surface area contributed by atoms with Gasteiger partial charge in [-0.25, -0.2) is 0 Å². The second kappa shape index (κ2) is 5.72. The van der Waals surface area contributed by atoms with Crippen LogP contribution in [-0.2, 0) is 4.79 Å². The molecule has 0 bridgehead atoms. The molecular formula is C14H19ClN2O. The van der Waals surface area contributed by atoms with Gasteiger partial charge in [-0.05, 0) is 31.5 Å². The molecule has 0 aliphatic carbocycles. The van der Waals surface area contributed by atoms with Crippen molar-refractivity contribution in [2.75, 3.05) is 13.1 Å². The minimum Gasteiger partial charge on any atom is -0.334 e. The van der Waals surface area contributed by atoms with Crippen LogP contribution in [0, 0.1) is 0 Å². The van der Waals surface area contributed by atoms with Gasteiger partial charge in [0.1, 0.15) is 0 Å². The van der Waals surface area contributed by atoms with Crippen molar-refractivity contribution in [3.63, 3.8) is 0 Å². The zero-order chi connectivity index (χ0) is 13.1. The zero-order valence-corrected chi connectivity index (χ0v) is 11.6. The van der Waals surface area contributed by atoms with Crippen molar-refractivity contribution in [3.8, 4) is 0 Å². The predicted molar refractivity (Wildman–Crippen MR) is 73.7 cm³/mol. The molecule has 0 aromatic heterocycles. The van der Waals surface area contributed by atoms with Crippen LogP contribution < -0.4 is 5.32 Å². The smallest absolute Gasteiger partial charge is 0.240 e. The van der Waals surface area contributed by atoms with Gasteiger partial charge in [0.2, 0.25) is 5.91 Å². The van der Waals surface area contributed by atoms with E-state index in [4.69, 9.17) is 11.6 Å². The number of halogens is 1. The third-order valence-corrected chi connectivity index (χ3v) is 3.86. The number of rotatable bonds is 4. The molecule has 3 nitrogen and oxygen atoms in total. The third kappa shape index (κ3) is 2.52. The molecule has 1 N–H and O–H groups in total. The second-order valence-corrected chi connectivity index (χ2v) is 5.04. The minimum atomic E-state index is -0.0278. The van der Waals surface area contributed by atoms with Crippen LogP contribution in [-0.4, -0.2) is 29.9 Å². The van der Waals surface area contributed by atoms with Crippen LogP contribution >= 0.6 is 11.6 Å². The highest BCUT2D eigenvalue weighted by molar-refractivity contribution is 6.31. The molecule has 1 saturated heterocycles. The summed E-state index contributed by atoms with van der Waals surface area (Å²) < 4.78 is 0. The number of amides is 1. The van der Waals surface area contributed by atoms with E-state index in [9.17, 15) is 4.79 Å². The number of likely N-dealkylation sites (tertiary alicyclic amines) is 1. The van der Waals surface area contributed by atoms with Crippen LogP contribution in [0.5, 0.6) is 0 Å². The lowest BCUT2D eigenvalue weighted by Gasteiger charge is -2.26. The van der Waals surface area contributed by atoms with E-state index in [1.54, 1.807) is 0 Å². The van der Waals surface area contributed by atoms with Gasteiger partial charge in [0.05, 0.1) is 12.1 Å². The van der Waals surface area contributed by atoms with E-state index in [-0.39, 0.29) is 18.0 Å². The number of nitrogens with one attached hydrogen (secondary N) is 1. The topological polar surface area (TPSA) is 32.3 Å². The van der Waals surface area contributed by atoms with Crippen molar-refractivity contribution in [3.05, 3.63) is 34.9 Å². The lowest BCUT2D eigenvalue weighted by atomic mass is 10.1. The summed E-state index contributed by atoms with van der Waals surface area (Å²) in [6.45, 7) is 5.68. The molecule has 1 aromatic carbocycles. The van der Waals surface area contributed by atoms with Gasteiger partial charge in [-0.15, -0.1) is 0 Å². The van der Waals surface area contributed by atoms with Gasteiger partial charge < -0.3 is 10.2 Å². The lowest BCUT2D eigenvalue weighted by Crippen LogP contribution is -2.39. The molecule has 1 aromatic rings. The molecule has 18 heavy (non-hydrogen) atoms. The molecule has 2 atom stereocenters. The van der Waals surface area contributed by atoms with Crippen LogP contribution in [0.2, 0.25) is 5.02 Å². The molecule has 2 rings (SSSR count). The molecular weight excluding hydrogens is 248 g/mol. The minimum absolute atomic E-state index is 0.0278. The molecule has 0 saturated carbocycles. The molecule has 1 aliphatic heterocycles. The van der Waals surface area contributed by atoms with E-state index in [0.29, 0.717) is 0 Å². The van der Waals surface area contributed by atoms with E-state index in [0.717, 1.165) is 30.1 Å². The highest BCUT2D eigenvalue weighted by Crippen LogP contribution is 2.30. The predicted octanol–water partition coefficient (Wildman–Crippen LogP) is 2.61. The Morgan fingerprint density at radius 1 is 1.50 bits per heavy atom. The molecule has 0 spiro atoms. The Hall–Kier alpha value is -1.06. The van der Waals surface area contributed by atoms with Gasteiger partial charge in [-0.2, -0.15) is 0 Å². The average molecular weight is 267 g/mol.